The maximum absolute atomic E-state index is 13.5. The number of aromatic nitrogens is 3. The number of benzene rings is 3. The standard InChI is InChI=1S/C27H18Cl2N6O4/c1-2-13-30-27(37)22-23-25(32-21-6-4-3-5-20(21)31-23)34(17-11-12-18(28)19(29)14-17)24(22)33-26(36)15-7-9-16(10-8-15)35(38)39/h2-12,14H,1,13H2,(H,30,37)(H,33,36). The van der Waals surface area contributed by atoms with Gasteiger partial charge in [0, 0.05) is 24.2 Å². The Morgan fingerprint density at radius 3 is 2.31 bits per heavy atom. The van der Waals surface area contributed by atoms with Crippen LogP contribution in [0.5, 0.6) is 0 Å². The molecule has 39 heavy (non-hydrogen) atoms. The van der Waals surface area contributed by atoms with Crippen molar-refractivity contribution in [2.24, 2.45) is 0 Å². The zero-order valence-corrected chi connectivity index (χ0v) is 21.5. The summed E-state index contributed by atoms with van der Waals surface area (Å²) in [6.45, 7) is 3.80. The Morgan fingerprint density at radius 2 is 1.67 bits per heavy atom. The predicted octanol–water partition coefficient (Wildman–Crippen LogP) is 5.96. The second-order valence-electron chi connectivity index (χ2n) is 8.30. The Bertz CT molecular complexity index is 1800. The summed E-state index contributed by atoms with van der Waals surface area (Å²) >= 11 is 12.5. The lowest BCUT2D eigenvalue weighted by Gasteiger charge is -2.14. The van der Waals surface area contributed by atoms with Crippen molar-refractivity contribution in [2.45, 2.75) is 0 Å². The van der Waals surface area contributed by atoms with E-state index >= 15 is 0 Å². The second kappa shape index (κ2) is 10.5. The maximum Gasteiger partial charge on any atom is 0.269 e. The quantitative estimate of drug-likeness (QED) is 0.143. The van der Waals surface area contributed by atoms with Crippen LogP contribution in [0.2, 0.25) is 10.0 Å². The van der Waals surface area contributed by atoms with Gasteiger partial charge in [0.15, 0.2) is 5.65 Å². The molecule has 0 bridgehead atoms. The van der Waals surface area contributed by atoms with Crippen LogP contribution in [-0.2, 0) is 0 Å². The molecule has 0 unspecified atom stereocenters. The normalized spacial score (nSPS) is 10.9. The summed E-state index contributed by atoms with van der Waals surface area (Å²) in [4.78, 5) is 46.8. The fourth-order valence-electron chi connectivity index (χ4n) is 4.02. The third kappa shape index (κ3) is 4.90. The van der Waals surface area contributed by atoms with Gasteiger partial charge >= 0.3 is 0 Å². The van der Waals surface area contributed by atoms with E-state index in [1.807, 2.05) is 6.07 Å². The van der Waals surface area contributed by atoms with Crippen LogP contribution in [0, 0.1) is 10.1 Å². The van der Waals surface area contributed by atoms with E-state index in [9.17, 15) is 19.7 Å². The highest BCUT2D eigenvalue weighted by Gasteiger charge is 2.28. The minimum Gasteiger partial charge on any atom is -0.348 e. The van der Waals surface area contributed by atoms with Gasteiger partial charge in [-0.1, -0.05) is 41.4 Å². The molecule has 2 aromatic heterocycles. The minimum absolute atomic E-state index is 0.0615. The van der Waals surface area contributed by atoms with Crippen LogP contribution in [0.25, 0.3) is 27.9 Å². The van der Waals surface area contributed by atoms with Gasteiger partial charge in [-0.2, -0.15) is 0 Å². The van der Waals surface area contributed by atoms with Crippen LogP contribution in [0.15, 0.2) is 79.4 Å². The van der Waals surface area contributed by atoms with Crippen LogP contribution in [-0.4, -0.2) is 37.8 Å². The zero-order valence-electron chi connectivity index (χ0n) is 20.0. The van der Waals surface area contributed by atoms with Gasteiger partial charge in [-0.3, -0.25) is 24.3 Å². The molecule has 5 aromatic rings. The van der Waals surface area contributed by atoms with Crippen LogP contribution in [0.1, 0.15) is 20.7 Å². The molecule has 3 aromatic carbocycles. The van der Waals surface area contributed by atoms with E-state index in [-0.39, 0.29) is 45.4 Å². The molecule has 194 valence electrons. The summed E-state index contributed by atoms with van der Waals surface area (Å²) in [6.07, 6.45) is 1.52. The van der Waals surface area contributed by atoms with Crippen LogP contribution in [0.3, 0.4) is 0 Å². The molecule has 0 aliphatic heterocycles. The third-order valence-electron chi connectivity index (χ3n) is 5.83. The Hall–Kier alpha value is -4.80. The molecule has 0 radical (unpaired) electrons. The molecule has 2 heterocycles. The van der Waals surface area contributed by atoms with Gasteiger partial charge in [-0.05, 0) is 42.5 Å². The highest BCUT2D eigenvalue weighted by molar-refractivity contribution is 6.42. The van der Waals surface area contributed by atoms with Gasteiger partial charge < -0.3 is 10.6 Å². The van der Waals surface area contributed by atoms with Gasteiger partial charge in [0.05, 0.1) is 31.7 Å². The van der Waals surface area contributed by atoms with Gasteiger partial charge in [0.25, 0.3) is 17.5 Å². The summed E-state index contributed by atoms with van der Waals surface area (Å²) in [6, 6.07) is 17.1. The van der Waals surface area contributed by atoms with Crippen molar-refractivity contribution in [3.63, 3.8) is 0 Å². The molecule has 2 N–H and O–H groups in total. The van der Waals surface area contributed by atoms with E-state index in [1.54, 1.807) is 41.0 Å². The molecule has 0 saturated carbocycles. The SMILES string of the molecule is C=CCNC(=O)c1c(NC(=O)c2ccc([N+](=O)[O-])cc2)n(-c2ccc(Cl)c(Cl)c2)c2nc3ccccc3nc12. The molecule has 0 aliphatic rings. The summed E-state index contributed by atoms with van der Waals surface area (Å²) in [7, 11) is 0. The molecule has 0 spiro atoms. The number of carbonyl (C=O) groups excluding carboxylic acids is 2. The fourth-order valence-corrected chi connectivity index (χ4v) is 4.31. The van der Waals surface area contributed by atoms with Crippen LogP contribution < -0.4 is 10.6 Å². The number of nitro groups is 1. The molecule has 2 amide bonds. The number of nitrogens with one attached hydrogen (secondary N) is 2. The van der Waals surface area contributed by atoms with Gasteiger partial charge in [-0.25, -0.2) is 9.97 Å². The average Bonchev–Trinajstić information content (AvgIpc) is 3.24. The number of amides is 2. The first kappa shape index (κ1) is 25.8. The van der Waals surface area contributed by atoms with Crippen molar-refractivity contribution in [1.82, 2.24) is 19.9 Å². The fraction of sp³-hybridized carbons (Fsp3) is 0.0370. The number of halogens is 2. The number of para-hydroxylation sites is 2. The monoisotopic (exact) mass is 560 g/mol. The molecule has 10 nitrogen and oxygen atoms in total. The summed E-state index contributed by atoms with van der Waals surface area (Å²) in [5.41, 5.74) is 2.12. The van der Waals surface area contributed by atoms with E-state index < -0.39 is 16.7 Å². The minimum atomic E-state index is -0.614. The Balaban J connectivity index is 1.78. The lowest BCUT2D eigenvalue weighted by atomic mass is 10.2. The van der Waals surface area contributed by atoms with E-state index in [2.05, 4.69) is 17.2 Å². The van der Waals surface area contributed by atoms with Crippen molar-refractivity contribution < 1.29 is 14.5 Å². The summed E-state index contributed by atoms with van der Waals surface area (Å²) in [5.74, 6) is -1.07. The molecule has 5 rings (SSSR count). The zero-order chi connectivity index (χ0) is 27.7. The average molecular weight is 561 g/mol. The van der Waals surface area contributed by atoms with E-state index in [4.69, 9.17) is 33.2 Å². The number of hydrogen-bond acceptors (Lipinski definition) is 6. The number of hydrogen-bond donors (Lipinski definition) is 2. The summed E-state index contributed by atoms with van der Waals surface area (Å²) < 4.78 is 1.56. The Kier molecular flexibility index (Phi) is 6.97. The third-order valence-corrected chi connectivity index (χ3v) is 6.57. The molecule has 0 fully saturated rings. The first-order chi connectivity index (χ1) is 18.8. The number of non-ortho nitro benzene ring substituents is 1. The van der Waals surface area contributed by atoms with E-state index in [0.717, 1.165) is 0 Å². The first-order valence-corrected chi connectivity index (χ1v) is 12.3. The van der Waals surface area contributed by atoms with Crippen LogP contribution in [0.4, 0.5) is 11.5 Å². The molecular weight excluding hydrogens is 543 g/mol. The smallest absolute Gasteiger partial charge is 0.269 e. The highest BCUT2D eigenvalue weighted by Crippen LogP contribution is 2.35. The van der Waals surface area contributed by atoms with E-state index in [0.29, 0.717) is 21.7 Å². The molecule has 0 saturated heterocycles. The number of nitrogens with zero attached hydrogens (tertiary/aromatic N) is 4. The molecular formula is C27H18Cl2N6O4. The molecule has 0 aliphatic carbocycles. The number of carbonyl (C=O) groups is 2. The molecule has 0 atom stereocenters. The lowest BCUT2D eigenvalue weighted by Crippen LogP contribution is -2.25. The highest BCUT2D eigenvalue weighted by atomic mass is 35.5. The molecule has 12 heteroatoms. The largest absolute Gasteiger partial charge is 0.348 e. The van der Waals surface area contributed by atoms with Crippen LogP contribution >= 0.6 is 23.2 Å². The topological polar surface area (TPSA) is 132 Å². The number of anilines is 1. The number of fused-ring (bicyclic) bond motifs is 2. The van der Waals surface area contributed by atoms with Crippen molar-refractivity contribution in [1.29, 1.82) is 0 Å². The second-order valence-corrected chi connectivity index (χ2v) is 9.11. The van der Waals surface area contributed by atoms with Crippen molar-refractivity contribution in [2.75, 3.05) is 11.9 Å². The van der Waals surface area contributed by atoms with Gasteiger partial charge in [-0.15, -0.1) is 6.58 Å². The first-order valence-electron chi connectivity index (χ1n) is 11.5. The Morgan fingerprint density at radius 1 is 0.974 bits per heavy atom. The predicted molar refractivity (Wildman–Crippen MR) is 150 cm³/mol. The maximum atomic E-state index is 13.5. The number of rotatable bonds is 7. The lowest BCUT2D eigenvalue weighted by molar-refractivity contribution is -0.384. The van der Waals surface area contributed by atoms with Crippen molar-refractivity contribution in [3.8, 4) is 5.69 Å². The van der Waals surface area contributed by atoms with E-state index in [1.165, 1.54) is 30.3 Å². The van der Waals surface area contributed by atoms with Crippen molar-refractivity contribution >= 4 is 68.7 Å². The Labute approximate surface area is 231 Å². The van der Waals surface area contributed by atoms with Gasteiger partial charge in [0.2, 0.25) is 0 Å². The summed E-state index contributed by atoms with van der Waals surface area (Å²) in [5, 5.41) is 17.1. The van der Waals surface area contributed by atoms with Gasteiger partial charge in [0.1, 0.15) is 16.9 Å². The number of nitro benzene ring substituents is 1. The van der Waals surface area contributed by atoms with Crippen molar-refractivity contribution in [3.05, 3.63) is 111 Å².